The van der Waals surface area contributed by atoms with Gasteiger partial charge in [-0.15, -0.1) is 0 Å². The Morgan fingerprint density at radius 1 is 1.10 bits per heavy atom. The lowest BCUT2D eigenvalue weighted by molar-refractivity contribution is 0.552. The van der Waals surface area contributed by atoms with E-state index in [1.54, 1.807) is 0 Å². The number of nitrogens with zero attached hydrogens (tertiary/aromatic N) is 3. The third kappa shape index (κ3) is 4.87. The molecule has 1 saturated heterocycles. The van der Waals surface area contributed by atoms with E-state index >= 15 is 0 Å². The van der Waals surface area contributed by atoms with E-state index in [-0.39, 0.29) is 0 Å². The summed E-state index contributed by atoms with van der Waals surface area (Å²) >= 11 is 0. The van der Waals surface area contributed by atoms with E-state index in [4.69, 9.17) is 4.98 Å². The molecule has 1 aliphatic heterocycles. The van der Waals surface area contributed by atoms with Crippen molar-refractivity contribution < 1.29 is 0 Å². The summed E-state index contributed by atoms with van der Waals surface area (Å²) in [5.74, 6) is 3.40. The molecule has 0 bridgehead atoms. The summed E-state index contributed by atoms with van der Waals surface area (Å²) in [5, 5.41) is 3.42. The van der Waals surface area contributed by atoms with E-state index in [9.17, 15) is 0 Å². The fraction of sp³-hybridized carbons (Fsp3) is 0.765. The van der Waals surface area contributed by atoms with Gasteiger partial charge in [-0.2, -0.15) is 0 Å². The maximum atomic E-state index is 4.81. The lowest BCUT2D eigenvalue weighted by Gasteiger charge is -2.26. The van der Waals surface area contributed by atoms with Gasteiger partial charge in [-0.1, -0.05) is 40.0 Å². The molecule has 0 unspecified atom stereocenters. The summed E-state index contributed by atoms with van der Waals surface area (Å²) in [4.78, 5) is 11.9. The van der Waals surface area contributed by atoms with Crippen molar-refractivity contribution in [3.05, 3.63) is 11.9 Å². The topological polar surface area (TPSA) is 41.0 Å². The molecule has 2 heterocycles. The second kappa shape index (κ2) is 8.20. The molecule has 1 aromatic heterocycles. The van der Waals surface area contributed by atoms with E-state index in [1.165, 1.54) is 32.1 Å². The molecule has 0 aromatic carbocycles. The van der Waals surface area contributed by atoms with Crippen LogP contribution in [0.1, 0.15) is 71.0 Å². The van der Waals surface area contributed by atoms with E-state index in [1.807, 2.05) is 0 Å². The third-order valence-electron chi connectivity index (χ3n) is 3.98. The number of nitrogens with one attached hydrogen (secondary N) is 1. The van der Waals surface area contributed by atoms with Gasteiger partial charge in [0.05, 0.1) is 0 Å². The van der Waals surface area contributed by atoms with Gasteiger partial charge in [0.1, 0.15) is 17.5 Å². The highest BCUT2D eigenvalue weighted by Gasteiger charge is 2.14. The van der Waals surface area contributed by atoms with Crippen molar-refractivity contribution in [3.63, 3.8) is 0 Å². The van der Waals surface area contributed by atoms with Crippen LogP contribution in [0.25, 0.3) is 0 Å². The van der Waals surface area contributed by atoms with Crippen LogP contribution < -0.4 is 10.2 Å². The first-order chi connectivity index (χ1) is 10.2. The van der Waals surface area contributed by atoms with E-state index in [0.717, 1.165) is 43.5 Å². The summed E-state index contributed by atoms with van der Waals surface area (Å²) in [6.45, 7) is 9.72. The number of aromatic nitrogens is 2. The maximum absolute atomic E-state index is 4.81. The Balaban J connectivity index is 2.20. The van der Waals surface area contributed by atoms with Crippen LogP contribution in [0.5, 0.6) is 0 Å². The minimum atomic E-state index is 0.363. The average molecular weight is 290 g/mol. The Morgan fingerprint density at radius 3 is 2.38 bits per heavy atom. The first-order valence-corrected chi connectivity index (χ1v) is 8.58. The van der Waals surface area contributed by atoms with Crippen LogP contribution in [0, 0.1) is 0 Å². The van der Waals surface area contributed by atoms with Gasteiger partial charge in [0.2, 0.25) is 0 Å². The molecule has 0 radical (unpaired) electrons. The smallest absolute Gasteiger partial charge is 0.135 e. The van der Waals surface area contributed by atoms with Crippen molar-refractivity contribution >= 4 is 11.6 Å². The van der Waals surface area contributed by atoms with E-state index in [0.29, 0.717) is 5.92 Å². The van der Waals surface area contributed by atoms with E-state index in [2.05, 4.69) is 42.0 Å². The van der Waals surface area contributed by atoms with Gasteiger partial charge >= 0.3 is 0 Å². The van der Waals surface area contributed by atoms with Crippen molar-refractivity contribution in [1.82, 2.24) is 9.97 Å². The van der Waals surface area contributed by atoms with Crippen LogP contribution in [-0.4, -0.2) is 29.6 Å². The molecule has 21 heavy (non-hydrogen) atoms. The monoisotopic (exact) mass is 290 g/mol. The second-order valence-corrected chi connectivity index (χ2v) is 6.31. The minimum absolute atomic E-state index is 0.363. The molecule has 4 nitrogen and oxygen atoms in total. The Hall–Kier alpha value is -1.32. The summed E-state index contributed by atoms with van der Waals surface area (Å²) in [5.41, 5.74) is 0. The van der Waals surface area contributed by atoms with Crippen LogP contribution in [0.3, 0.4) is 0 Å². The first-order valence-electron chi connectivity index (χ1n) is 8.58. The molecule has 1 fully saturated rings. The third-order valence-corrected chi connectivity index (χ3v) is 3.98. The minimum Gasteiger partial charge on any atom is -0.370 e. The van der Waals surface area contributed by atoms with Crippen LogP contribution in [0.15, 0.2) is 6.07 Å². The standard InChI is InChI=1S/C17H30N4/c1-4-10-18-15-13-16(20-17(19-15)14(2)3)21-11-8-6-5-7-9-12-21/h13-14H,4-12H2,1-3H3,(H,18,19,20). The summed E-state index contributed by atoms with van der Waals surface area (Å²) < 4.78 is 0. The van der Waals surface area contributed by atoms with Crippen LogP contribution in [0.2, 0.25) is 0 Å². The van der Waals surface area contributed by atoms with Gasteiger partial charge in [0.25, 0.3) is 0 Å². The molecule has 0 amide bonds. The Kier molecular flexibility index (Phi) is 6.27. The lowest BCUT2D eigenvalue weighted by atomic mass is 10.1. The van der Waals surface area contributed by atoms with Gasteiger partial charge in [0.15, 0.2) is 0 Å². The van der Waals surface area contributed by atoms with Crippen molar-refractivity contribution in [2.45, 2.75) is 65.2 Å². The molecule has 0 aliphatic carbocycles. The number of anilines is 2. The molecular weight excluding hydrogens is 260 g/mol. The van der Waals surface area contributed by atoms with Gasteiger partial charge < -0.3 is 10.2 Å². The van der Waals surface area contributed by atoms with Crippen LogP contribution in [-0.2, 0) is 0 Å². The van der Waals surface area contributed by atoms with Gasteiger partial charge in [-0.05, 0) is 19.3 Å². The molecule has 1 aromatic rings. The molecular formula is C17H30N4. The SMILES string of the molecule is CCCNc1cc(N2CCCCCCC2)nc(C(C)C)n1. The zero-order valence-electron chi connectivity index (χ0n) is 13.9. The normalized spacial score (nSPS) is 16.7. The number of hydrogen-bond acceptors (Lipinski definition) is 4. The molecule has 0 saturated carbocycles. The number of hydrogen-bond donors (Lipinski definition) is 1. The average Bonchev–Trinajstić information content (AvgIpc) is 2.44. The molecule has 0 spiro atoms. The fourth-order valence-electron chi connectivity index (χ4n) is 2.69. The summed E-state index contributed by atoms with van der Waals surface area (Å²) in [6.07, 6.45) is 7.74. The van der Waals surface area contributed by atoms with E-state index < -0.39 is 0 Å². The molecule has 2 rings (SSSR count). The fourth-order valence-corrected chi connectivity index (χ4v) is 2.69. The predicted molar refractivity (Wildman–Crippen MR) is 90.2 cm³/mol. The predicted octanol–water partition coefficient (Wildman–Crippen LogP) is 4.19. The van der Waals surface area contributed by atoms with Gasteiger partial charge in [0, 0.05) is 31.6 Å². The Morgan fingerprint density at radius 2 is 1.76 bits per heavy atom. The quantitative estimate of drug-likeness (QED) is 0.882. The summed E-state index contributed by atoms with van der Waals surface area (Å²) in [7, 11) is 0. The Labute approximate surface area is 129 Å². The zero-order valence-corrected chi connectivity index (χ0v) is 13.9. The maximum Gasteiger partial charge on any atom is 0.135 e. The first kappa shape index (κ1) is 16.1. The largest absolute Gasteiger partial charge is 0.370 e. The van der Waals surface area contributed by atoms with Crippen molar-refractivity contribution in [2.24, 2.45) is 0 Å². The number of rotatable bonds is 5. The molecule has 0 atom stereocenters. The Bertz CT molecular complexity index is 423. The van der Waals surface area contributed by atoms with Gasteiger partial charge in [-0.3, -0.25) is 0 Å². The second-order valence-electron chi connectivity index (χ2n) is 6.31. The highest BCUT2D eigenvalue weighted by atomic mass is 15.2. The van der Waals surface area contributed by atoms with Crippen molar-refractivity contribution in [2.75, 3.05) is 29.9 Å². The summed E-state index contributed by atoms with van der Waals surface area (Å²) in [6, 6.07) is 2.13. The van der Waals surface area contributed by atoms with Crippen molar-refractivity contribution in [1.29, 1.82) is 0 Å². The molecule has 4 heteroatoms. The highest BCUT2D eigenvalue weighted by Crippen LogP contribution is 2.22. The molecule has 1 aliphatic rings. The van der Waals surface area contributed by atoms with Crippen molar-refractivity contribution in [3.8, 4) is 0 Å². The lowest BCUT2D eigenvalue weighted by Crippen LogP contribution is -2.28. The van der Waals surface area contributed by atoms with Crippen LogP contribution >= 0.6 is 0 Å². The zero-order chi connectivity index (χ0) is 15.1. The molecule has 1 N–H and O–H groups in total. The van der Waals surface area contributed by atoms with Crippen LogP contribution in [0.4, 0.5) is 11.6 Å². The molecule has 118 valence electrons. The van der Waals surface area contributed by atoms with Gasteiger partial charge in [-0.25, -0.2) is 9.97 Å². The highest BCUT2D eigenvalue weighted by molar-refractivity contribution is 5.49.